The van der Waals surface area contributed by atoms with E-state index < -0.39 is 10.0 Å². The van der Waals surface area contributed by atoms with E-state index in [0.29, 0.717) is 13.0 Å². The number of aromatic nitrogens is 2. The molecular formula is C15H24N4O3S. The molecule has 0 bridgehead atoms. The van der Waals surface area contributed by atoms with Crippen molar-refractivity contribution in [3.63, 3.8) is 0 Å². The van der Waals surface area contributed by atoms with Crippen LogP contribution in [-0.2, 0) is 21.9 Å². The van der Waals surface area contributed by atoms with Crippen LogP contribution >= 0.6 is 0 Å². The molecule has 1 saturated heterocycles. The van der Waals surface area contributed by atoms with Gasteiger partial charge in [-0.1, -0.05) is 12.8 Å². The average molecular weight is 340 g/mol. The Kier molecular flexibility index (Phi) is 4.72. The molecule has 1 amide bonds. The molecule has 7 nitrogen and oxygen atoms in total. The van der Waals surface area contributed by atoms with Gasteiger partial charge in [0.1, 0.15) is 0 Å². The highest BCUT2D eigenvalue weighted by molar-refractivity contribution is 7.89. The summed E-state index contributed by atoms with van der Waals surface area (Å²) < 4.78 is 28.3. The zero-order valence-electron chi connectivity index (χ0n) is 13.4. The van der Waals surface area contributed by atoms with Crippen LogP contribution in [-0.4, -0.2) is 47.3 Å². The van der Waals surface area contributed by atoms with E-state index in [2.05, 4.69) is 10.3 Å². The van der Waals surface area contributed by atoms with Gasteiger partial charge in [-0.15, -0.1) is 0 Å². The number of nitrogens with one attached hydrogen (secondary N) is 1. The van der Waals surface area contributed by atoms with Gasteiger partial charge in [0.15, 0.2) is 5.03 Å². The van der Waals surface area contributed by atoms with E-state index in [1.165, 1.54) is 16.8 Å². The van der Waals surface area contributed by atoms with Gasteiger partial charge in [0, 0.05) is 32.4 Å². The van der Waals surface area contributed by atoms with Gasteiger partial charge in [0.2, 0.25) is 5.91 Å². The van der Waals surface area contributed by atoms with Crippen molar-refractivity contribution in [1.82, 2.24) is 19.2 Å². The topological polar surface area (TPSA) is 84.3 Å². The number of rotatable bonds is 4. The van der Waals surface area contributed by atoms with Gasteiger partial charge in [-0.3, -0.25) is 4.79 Å². The number of carbonyl (C=O) groups excluding carboxylic acids is 1. The second-order valence-electron chi connectivity index (χ2n) is 6.57. The van der Waals surface area contributed by atoms with Crippen LogP contribution in [0.15, 0.2) is 17.6 Å². The third-order valence-corrected chi connectivity index (χ3v) is 6.49. The predicted molar refractivity (Wildman–Crippen MR) is 85.1 cm³/mol. The van der Waals surface area contributed by atoms with Crippen molar-refractivity contribution in [1.29, 1.82) is 0 Å². The number of hydrogen-bond donors (Lipinski definition) is 1. The summed E-state index contributed by atoms with van der Waals surface area (Å²) in [6.45, 7) is 0.698. The van der Waals surface area contributed by atoms with Gasteiger partial charge >= 0.3 is 0 Å². The van der Waals surface area contributed by atoms with Crippen LogP contribution in [0, 0.1) is 5.92 Å². The summed E-state index contributed by atoms with van der Waals surface area (Å²) in [4.78, 5) is 16.4. The van der Waals surface area contributed by atoms with Crippen molar-refractivity contribution in [2.75, 3.05) is 13.1 Å². The smallest absolute Gasteiger partial charge is 0.262 e. The fourth-order valence-electron chi connectivity index (χ4n) is 3.42. The Bertz CT molecular complexity index is 664. The maximum absolute atomic E-state index is 12.6. The molecule has 2 aliphatic rings. The highest BCUT2D eigenvalue weighted by Crippen LogP contribution is 2.24. The Hall–Kier alpha value is -1.41. The minimum absolute atomic E-state index is 0.00202. The number of aryl methyl sites for hydroxylation is 1. The number of nitrogens with zero attached hydrogens (tertiary/aromatic N) is 3. The largest absolute Gasteiger partial charge is 0.353 e. The molecule has 1 aromatic heterocycles. The van der Waals surface area contributed by atoms with Crippen molar-refractivity contribution >= 4 is 15.9 Å². The van der Waals surface area contributed by atoms with E-state index in [1.54, 1.807) is 11.6 Å². The summed E-state index contributed by atoms with van der Waals surface area (Å²) in [6.07, 6.45) is 8.81. The molecule has 1 saturated carbocycles. The molecule has 0 radical (unpaired) electrons. The Labute approximate surface area is 137 Å². The molecule has 8 heteroatoms. The van der Waals surface area contributed by atoms with Gasteiger partial charge in [-0.2, -0.15) is 4.31 Å². The van der Waals surface area contributed by atoms with Crippen molar-refractivity contribution < 1.29 is 13.2 Å². The minimum Gasteiger partial charge on any atom is -0.353 e. The number of amides is 1. The van der Waals surface area contributed by atoms with Crippen molar-refractivity contribution in [3.8, 4) is 0 Å². The number of carbonyl (C=O) groups is 1. The Balaban J connectivity index is 1.66. The Morgan fingerprint density at radius 1 is 1.26 bits per heavy atom. The molecule has 0 spiro atoms. The molecule has 1 N–H and O–H groups in total. The Morgan fingerprint density at radius 3 is 2.65 bits per heavy atom. The summed E-state index contributed by atoms with van der Waals surface area (Å²) in [5.74, 6) is -0.263. The second-order valence-corrected chi connectivity index (χ2v) is 8.45. The third-order valence-electron chi connectivity index (χ3n) is 4.74. The summed E-state index contributed by atoms with van der Waals surface area (Å²) >= 11 is 0. The lowest BCUT2D eigenvalue weighted by molar-refractivity contribution is -0.126. The first-order chi connectivity index (χ1) is 11.0. The van der Waals surface area contributed by atoms with Crippen molar-refractivity contribution in [2.45, 2.75) is 49.6 Å². The van der Waals surface area contributed by atoms with E-state index in [9.17, 15) is 13.2 Å². The standard InChI is InChI=1S/C15H24N4O3S/c1-18-10-14(16-11-18)23(21,22)19-8-4-5-12(9-19)15(20)17-13-6-2-3-7-13/h10-13H,2-9H2,1H3,(H,17,20). The monoisotopic (exact) mass is 340 g/mol. The van der Waals surface area contributed by atoms with Crippen LogP contribution in [0.2, 0.25) is 0 Å². The SMILES string of the molecule is Cn1cnc(S(=O)(=O)N2CCCC(C(=O)NC3CCCC3)C2)c1. The van der Waals surface area contributed by atoms with E-state index in [1.807, 2.05) is 0 Å². The highest BCUT2D eigenvalue weighted by atomic mass is 32.2. The fraction of sp³-hybridized carbons (Fsp3) is 0.733. The number of hydrogen-bond acceptors (Lipinski definition) is 4. The molecule has 0 aromatic carbocycles. The molecule has 128 valence electrons. The molecule has 1 unspecified atom stereocenters. The lowest BCUT2D eigenvalue weighted by atomic mass is 9.98. The summed E-state index contributed by atoms with van der Waals surface area (Å²) in [6, 6.07) is 0.269. The molecule has 2 heterocycles. The predicted octanol–water partition coefficient (Wildman–Crippen LogP) is 0.880. The first-order valence-electron chi connectivity index (χ1n) is 8.25. The van der Waals surface area contributed by atoms with Gasteiger partial charge in [0.25, 0.3) is 10.0 Å². The van der Waals surface area contributed by atoms with E-state index in [4.69, 9.17) is 0 Å². The molecule has 1 aromatic rings. The first-order valence-corrected chi connectivity index (χ1v) is 9.69. The summed E-state index contributed by atoms with van der Waals surface area (Å²) in [5, 5.41) is 3.14. The van der Waals surface area contributed by atoms with Crippen molar-refractivity contribution in [2.24, 2.45) is 13.0 Å². The zero-order valence-corrected chi connectivity index (χ0v) is 14.3. The number of sulfonamides is 1. The lowest BCUT2D eigenvalue weighted by Gasteiger charge is -2.31. The van der Waals surface area contributed by atoms with Crippen LogP contribution in [0.5, 0.6) is 0 Å². The van der Waals surface area contributed by atoms with Gasteiger partial charge in [0.05, 0.1) is 12.2 Å². The summed E-state index contributed by atoms with van der Waals surface area (Å²) in [7, 11) is -1.88. The number of piperidine rings is 1. The molecule has 23 heavy (non-hydrogen) atoms. The zero-order chi connectivity index (χ0) is 16.4. The molecule has 1 atom stereocenters. The van der Waals surface area contributed by atoms with E-state index in [0.717, 1.165) is 32.1 Å². The van der Waals surface area contributed by atoms with Crippen LogP contribution in [0.1, 0.15) is 38.5 Å². The first kappa shape index (κ1) is 16.4. The Morgan fingerprint density at radius 2 is 2.00 bits per heavy atom. The van der Waals surface area contributed by atoms with Crippen LogP contribution < -0.4 is 5.32 Å². The number of imidazole rings is 1. The quantitative estimate of drug-likeness (QED) is 0.882. The third kappa shape index (κ3) is 3.58. The molecule has 1 aliphatic heterocycles. The van der Waals surface area contributed by atoms with Crippen molar-refractivity contribution in [3.05, 3.63) is 12.5 Å². The molecule has 2 fully saturated rings. The molecule has 1 aliphatic carbocycles. The van der Waals surface area contributed by atoms with Gasteiger partial charge in [-0.25, -0.2) is 13.4 Å². The highest BCUT2D eigenvalue weighted by Gasteiger charge is 2.35. The normalized spacial score (nSPS) is 24.0. The van der Waals surface area contributed by atoms with Gasteiger partial charge < -0.3 is 9.88 Å². The van der Waals surface area contributed by atoms with E-state index >= 15 is 0 Å². The van der Waals surface area contributed by atoms with Gasteiger partial charge in [-0.05, 0) is 25.7 Å². The summed E-state index contributed by atoms with van der Waals surface area (Å²) in [5.41, 5.74) is 0. The second kappa shape index (κ2) is 6.60. The maximum Gasteiger partial charge on any atom is 0.262 e. The minimum atomic E-state index is -3.61. The van der Waals surface area contributed by atoms with Crippen LogP contribution in [0.4, 0.5) is 0 Å². The molecule has 3 rings (SSSR count). The fourth-order valence-corrected chi connectivity index (χ4v) is 4.91. The molecular weight excluding hydrogens is 316 g/mol. The average Bonchev–Trinajstić information content (AvgIpc) is 3.19. The lowest BCUT2D eigenvalue weighted by Crippen LogP contribution is -2.47. The van der Waals surface area contributed by atoms with Crippen LogP contribution in [0.25, 0.3) is 0 Å². The van der Waals surface area contributed by atoms with E-state index in [-0.39, 0.29) is 29.4 Å². The maximum atomic E-state index is 12.6. The van der Waals surface area contributed by atoms with Crippen LogP contribution in [0.3, 0.4) is 0 Å².